The molecule has 0 saturated heterocycles. The first-order chi connectivity index (χ1) is 10.3. The third kappa shape index (κ3) is 5.41. The minimum absolute atomic E-state index is 0.179. The molecule has 0 aliphatic carbocycles. The van der Waals surface area contributed by atoms with Gasteiger partial charge in [0, 0.05) is 12.1 Å². The van der Waals surface area contributed by atoms with E-state index < -0.39 is 36.4 Å². The van der Waals surface area contributed by atoms with Crippen LogP contribution >= 0.6 is 0 Å². The second-order valence-corrected chi connectivity index (χ2v) is 4.73. The summed E-state index contributed by atoms with van der Waals surface area (Å²) in [6.45, 7) is 0. The van der Waals surface area contributed by atoms with Crippen molar-refractivity contribution in [3.8, 4) is 0 Å². The molecule has 0 unspecified atom stereocenters. The molecule has 6 N–H and O–H groups in total. The van der Waals surface area contributed by atoms with Crippen molar-refractivity contribution >= 4 is 23.5 Å². The first-order valence-electron chi connectivity index (χ1n) is 6.53. The molecule has 0 spiro atoms. The van der Waals surface area contributed by atoms with Crippen LogP contribution in [0.3, 0.4) is 0 Å². The van der Waals surface area contributed by atoms with E-state index in [0.717, 1.165) is 5.56 Å². The summed E-state index contributed by atoms with van der Waals surface area (Å²) in [5.74, 6) is -2.57. The van der Waals surface area contributed by atoms with Crippen LogP contribution in [0.15, 0.2) is 24.3 Å². The summed E-state index contributed by atoms with van der Waals surface area (Å²) in [5, 5.41) is 11.0. The molecule has 0 aliphatic heterocycles. The van der Waals surface area contributed by atoms with E-state index >= 15 is 0 Å². The molecule has 8 nitrogen and oxygen atoms in total. The molecule has 1 amide bonds. The lowest BCUT2D eigenvalue weighted by Crippen LogP contribution is -2.50. The molecule has 0 aromatic heterocycles. The number of anilines is 1. The average molecular weight is 309 g/mol. The lowest BCUT2D eigenvalue weighted by molar-refractivity contribution is -0.145. The Morgan fingerprint density at radius 2 is 1.86 bits per heavy atom. The van der Waals surface area contributed by atoms with Crippen molar-refractivity contribution in [2.24, 2.45) is 5.73 Å². The number of hydrogen-bond acceptors (Lipinski definition) is 6. The van der Waals surface area contributed by atoms with Gasteiger partial charge >= 0.3 is 11.9 Å². The summed E-state index contributed by atoms with van der Waals surface area (Å²) in [6, 6.07) is 4.57. The Morgan fingerprint density at radius 3 is 2.36 bits per heavy atom. The van der Waals surface area contributed by atoms with Crippen molar-refractivity contribution in [3.05, 3.63) is 29.8 Å². The Bertz CT molecular complexity index is 544. The van der Waals surface area contributed by atoms with Gasteiger partial charge in [-0.05, 0) is 17.7 Å². The van der Waals surface area contributed by atoms with Crippen LogP contribution in [0.25, 0.3) is 0 Å². The number of benzene rings is 1. The normalized spacial score (nSPS) is 13.0. The van der Waals surface area contributed by atoms with Gasteiger partial charge < -0.3 is 26.6 Å². The number of esters is 1. The molecule has 0 saturated carbocycles. The Kier molecular flexibility index (Phi) is 6.33. The Hall–Kier alpha value is -2.61. The topological polar surface area (TPSA) is 145 Å². The fourth-order valence-corrected chi connectivity index (χ4v) is 1.78. The molecule has 8 heteroatoms. The largest absolute Gasteiger partial charge is 0.481 e. The Labute approximate surface area is 127 Å². The highest BCUT2D eigenvalue weighted by Gasteiger charge is 2.25. The van der Waals surface area contributed by atoms with Crippen molar-refractivity contribution < 1.29 is 24.2 Å². The number of aliphatic carboxylic acids is 1. The number of amides is 1. The van der Waals surface area contributed by atoms with Gasteiger partial charge in [-0.25, -0.2) is 4.79 Å². The monoisotopic (exact) mass is 309 g/mol. The molecule has 1 rings (SSSR count). The van der Waals surface area contributed by atoms with E-state index in [2.05, 4.69) is 10.1 Å². The standard InChI is InChI=1S/C14H19N3O5/c1-22-14(21)11(6-8-2-4-9(15)5-3-8)17-13(20)10(16)7-12(18)19/h2-5,10-11H,6-7,15-16H2,1H3,(H,17,20)(H,18,19)/t10-,11-/m0/s1. The first-order valence-corrected chi connectivity index (χ1v) is 6.53. The van der Waals surface area contributed by atoms with E-state index in [4.69, 9.17) is 16.6 Å². The molecule has 1 aromatic rings. The number of nitrogens with two attached hydrogens (primary N) is 2. The number of carbonyl (C=O) groups excluding carboxylic acids is 2. The summed E-state index contributed by atoms with van der Waals surface area (Å²) < 4.78 is 4.63. The van der Waals surface area contributed by atoms with Gasteiger partial charge in [-0.2, -0.15) is 0 Å². The molecular weight excluding hydrogens is 290 g/mol. The fraction of sp³-hybridized carbons (Fsp3) is 0.357. The van der Waals surface area contributed by atoms with Gasteiger partial charge in [-0.3, -0.25) is 9.59 Å². The van der Waals surface area contributed by atoms with Crippen LogP contribution in [0, 0.1) is 0 Å². The molecule has 22 heavy (non-hydrogen) atoms. The van der Waals surface area contributed by atoms with E-state index in [1.54, 1.807) is 24.3 Å². The Balaban J connectivity index is 2.76. The van der Waals surface area contributed by atoms with Gasteiger partial charge in [0.15, 0.2) is 0 Å². The van der Waals surface area contributed by atoms with Gasteiger partial charge in [-0.1, -0.05) is 12.1 Å². The molecule has 120 valence electrons. The quantitative estimate of drug-likeness (QED) is 0.384. The van der Waals surface area contributed by atoms with Crippen molar-refractivity contribution in [2.75, 3.05) is 12.8 Å². The zero-order chi connectivity index (χ0) is 16.7. The molecule has 0 radical (unpaired) electrons. The minimum atomic E-state index is -1.24. The summed E-state index contributed by atoms with van der Waals surface area (Å²) >= 11 is 0. The van der Waals surface area contributed by atoms with E-state index in [9.17, 15) is 14.4 Å². The van der Waals surface area contributed by atoms with Crippen LogP contribution in [0.5, 0.6) is 0 Å². The molecule has 0 aliphatic rings. The maximum absolute atomic E-state index is 11.8. The summed E-state index contributed by atoms with van der Waals surface area (Å²) in [5.41, 5.74) is 12.4. The van der Waals surface area contributed by atoms with E-state index in [-0.39, 0.29) is 6.42 Å². The molecule has 0 fully saturated rings. The Morgan fingerprint density at radius 1 is 1.27 bits per heavy atom. The lowest BCUT2D eigenvalue weighted by atomic mass is 10.0. The van der Waals surface area contributed by atoms with Crippen LogP contribution in [0.1, 0.15) is 12.0 Å². The third-order valence-corrected chi connectivity index (χ3v) is 2.95. The number of methoxy groups -OCH3 is 1. The lowest BCUT2D eigenvalue weighted by Gasteiger charge is -2.18. The summed E-state index contributed by atoms with van der Waals surface area (Å²) in [4.78, 5) is 34.1. The predicted molar refractivity (Wildman–Crippen MR) is 78.7 cm³/mol. The highest BCUT2D eigenvalue weighted by molar-refractivity contribution is 5.89. The maximum atomic E-state index is 11.8. The third-order valence-electron chi connectivity index (χ3n) is 2.95. The molecule has 1 aromatic carbocycles. The number of carbonyl (C=O) groups is 3. The molecule has 0 heterocycles. The van der Waals surface area contributed by atoms with Gasteiger partial charge in [0.1, 0.15) is 6.04 Å². The SMILES string of the molecule is COC(=O)[C@H](Cc1ccc(N)cc1)NC(=O)[C@@H](N)CC(=O)O. The van der Waals surface area contributed by atoms with Gasteiger partial charge in [0.05, 0.1) is 19.6 Å². The van der Waals surface area contributed by atoms with Crippen LogP contribution in [-0.4, -0.2) is 42.1 Å². The highest BCUT2D eigenvalue weighted by Crippen LogP contribution is 2.09. The number of carboxylic acid groups (broad SMARTS) is 1. The molecular formula is C14H19N3O5. The van der Waals surface area contributed by atoms with Crippen molar-refractivity contribution in [2.45, 2.75) is 24.9 Å². The maximum Gasteiger partial charge on any atom is 0.328 e. The molecule has 2 atom stereocenters. The number of nitrogen functional groups attached to an aromatic ring is 1. The second kappa shape index (κ2) is 7.99. The number of carboxylic acids is 1. The highest BCUT2D eigenvalue weighted by atomic mass is 16.5. The minimum Gasteiger partial charge on any atom is -0.481 e. The average Bonchev–Trinajstić information content (AvgIpc) is 2.47. The van der Waals surface area contributed by atoms with E-state index in [1.165, 1.54) is 7.11 Å². The van der Waals surface area contributed by atoms with Crippen molar-refractivity contribution in [1.82, 2.24) is 5.32 Å². The number of ether oxygens (including phenoxy) is 1. The second-order valence-electron chi connectivity index (χ2n) is 4.73. The number of nitrogens with one attached hydrogen (secondary N) is 1. The van der Waals surface area contributed by atoms with Gasteiger partial charge in [0.2, 0.25) is 5.91 Å². The smallest absolute Gasteiger partial charge is 0.328 e. The van der Waals surface area contributed by atoms with Crippen molar-refractivity contribution in [3.63, 3.8) is 0 Å². The van der Waals surface area contributed by atoms with Gasteiger partial charge in [0.25, 0.3) is 0 Å². The van der Waals surface area contributed by atoms with E-state index in [0.29, 0.717) is 5.69 Å². The van der Waals surface area contributed by atoms with Crippen LogP contribution in [-0.2, 0) is 25.5 Å². The molecule has 0 bridgehead atoms. The van der Waals surface area contributed by atoms with Crippen LogP contribution < -0.4 is 16.8 Å². The van der Waals surface area contributed by atoms with Gasteiger partial charge in [-0.15, -0.1) is 0 Å². The number of hydrogen-bond donors (Lipinski definition) is 4. The summed E-state index contributed by atoms with van der Waals surface area (Å²) in [7, 11) is 1.20. The number of rotatable bonds is 7. The first kappa shape index (κ1) is 17.4. The van der Waals surface area contributed by atoms with Crippen molar-refractivity contribution in [1.29, 1.82) is 0 Å². The predicted octanol–water partition coefficient (Wildman–Crippen LogP) is -0.729. The van der Waals surface area contributed by atoms with Crippen LogP contribution in [0.2, 0.25) is 0 Å². The fourth-order valence-electron chi connectivity index (χ4n) is 1.78. The van der Waals surface area contributed by atoms with Crippen LogP contribution in [0.4, 0.5) is 5.69 Å². The zero-order valence-corrected chi connectivity index (χ0v) is 12.1. The summed E-state index contributed by atoms with van der Waals surface area (Å²) in [6.07, 6.45) is -0.347. The van der Waals surface area contributed by atoms with E-state index in [1.807, 2.05) is 0 Å². The zero-order valence-electron chi connectivity index (χ0n) is 12.1.